The Hall–Kier alpha value is -0.0300. The van der Waals surface area contributed by atoms with Gasteiger partial charge in [0.05, 0.1) is 13.2 Å². The first kappa shape index (κ1) is 45.0. The fourth-order valence-corrected chi connectivity index (χ4v) is 3.43. The number of esters is 1. The fraction of sp³-hybridized carbons (Fsp3) is 0.923. The largest absolute Gasteiger partial charge is 1.00 e. The van der Waals surface area contributed by atoms with Crippen LogP contribution in [0.25, 0.3) is 0 Å². The molecule has 0 aromatic heterocycles. The number of hydrogen-bond acceptors (Lipinski definition) is 8. The van der Waals surface area contributed by atoms with E-state index in [0.29, 0.717) is 6.61 Å². The van der Waals surface area contributed by atoms with E-state index in [9.17, 15) is 19.0 Å². The number of hydrogen-bond donors (Lipinski definition) is 3. The summed E-state index contributed by atoms with van der Waals surface area (Å²) in [6, 6.07) is -0.817. The minimum absolute atomic E-state index is 0. The molecule has 12 heteroatoms. The van der Waals surface area contributed by atoms with Gasteiger partial charge in [0.25, 0.3) is 7.82 Å². The summed E-state index contributed by atoms with van der Waals surface area (Å²) in [6.45, 7) is 7.42. The molecular formula is C26H56N2NaO8P. The molecule has 4 N–H and O–H groups in total. The number of carbonyl (C=O) groups excluding carboxylic acids is 1. The van der Waals surface area contributed by atoms with Gasteiger partial charge in [-0.25, -0.2) is 0 Å². The minimum Gasteiger partial charge on any atom is -0.756 e. The van der Waals surface area contributed by atoms with Gasteiger partial charge in [0.2, 0.25) is 0 Å². The van der Waals surface area contributed by atoms with Gasteiger partial charge in [0.1, 0.15) is 6.04 Å². The zero-order valence-electron chi connectivity index (χ0n) is 25.1. The summed E-state index contributed by atoms with van der Waals surface area (Å²) in [5, 5.41) is 8.38. The number of aliphatic carboxylic acids is 1. The molecule has 0 saturated carbocycles. The van der Waals surface area contributed by atoms with E-state index in [4.69, 9.17) is 20.5 Å². The second-order valence-corrected chi connectivity index (χ2v) is 10.5. The zero-order chi connectivity index (χ0) is 29.0. The summed E-state index contributed by atoms with van der Waals surface area (Å²) >= 11 is 0. The number of carboxylic acids is 1. The van der Waals surface area contributed by atoms with E-state index in [1.807, 2.05) is 0 Å². The van der Waals surface area contributed by atoms with Gasteiger partial charge in [-0.2, -0.15) is 0 Å². The second kappa shape index (κ2) is 33.2. The molecule has 0 aromatic rings. The molecule has 38 heavy (non-hydrogen) atoms. The van der Waals surface area contributed by atoms with Crippen molar-refractivity contribution >= 4 is 19.8 Å². The van der Waals surface area contributed by atoms with Crippen LogP contribution in [0.3, 0.4) is 0 Å². The summed E-state index contributed by atoms with van der Waals surface area (Å²) in [7, 11) is -0.0948. The van der Waals surface area contributed by atoms with Crippen molar-refractivity contribution in [2.24, 2.45) is 5.73 Å². The summed E-state index contributed by atoms with van der Waals surface area (Å²) < 4.78 is 18.3. The van der Waals surface area contributed by atoms with Gasteiger partial charge in [0.15, 0.2) is 0 Å². The van der Waals surface area contributed by atoms with Crippen molar-refractivity contribution in [3.8, 4) is 0 Å². The Bertz CT molecular complexity index is 565. The first-order valence-corrected chi connectivity index (χ1v) is 15.4. The quantitative estimate of drug-likeness (QED) is 0.0793. The average molecular weight is 579 g/mol. The maximum absolute atomic E-state index is 11.2. The molecular weight excluding hydrogens is 522 g/mol. The molecule has 0 bridgehead atoms. The van der Waals surface area contributed by atoms with Crippen LogP contribution in [0, 0.1) is 0 Å². The van der Waals surface area contributed by atoms with Crippen molar-refractivity contribution in [1.29, 1.82) is 0 Å². The average Bonchev–Trinajstić information content (AvgIpc) is 2.81. The Morgan fingerprint density at radius 3 is 1.71 bits per heavy atom. The van der Waals surface area contributed by atoms with Crippen LogP contribution < -0.4 is 40.2 Å². The molecule has 0 spiro atoms. The normalized spacial score (nSPS) is 12.7. The maximum atomic E-state index is 11.2. The Labute approximate surface area is 254 Å². The molecule has 0 rings (SSSR count). The van der Waals surface area contributed by atoms with Gasteiger partial charge in [-0.15, -0.1) is 0 Å². The van der Waals surface area contributed by atoms with Crippen molar-refractivity contribution in [2.45, 2.75) is 123 Å². The van der Waals surface area contributed by atoms with Gasteiger partial charge in [0, 0.05) is 6.42 Å². The summed E-state index contributed by atoms with van der Waals surface area (Å²) in [6.07, 6.45) is 17.3. The van der Waals surface area contributed by atoms with Crippen LogP contribution in [0.4, 0.5) is 0 Å². The molecule has 0 aromatic carbocycles. The van der Waals surface area contributed by atoms with Crippen LogP contribution in [0.15, 0.2) is 0 Å². The van der Waals surface area contributed by atoms with E-state index in [1.54, 1.807) is 0 Å². The summed E-state index contributed by atoms with van der Waals surface area (Å²) in [4.78, 5) is 41.1. The van der Waals surface area contributed by atoms with E-state index in [1.165, 1.54) is 77.7 Å². The summed E-state index contributed by atoms with van der Waals surface area (Å²) in [5.74, 6) is -1.46. The first-order valence-electron chi connectivity index (χ1n) is 13.9. The van der Waals surface area contributed by atoms with Crippen LogP contribution in [-0.4, -0.2) is 66.7 Å². The second-order valence-electron chi connectivity index (χ2n) is 9.29. The number of phosphoric ester groups is 1. The van der Waals surface area contributed by atoms with Crippen LogP contribution in [0.1, 0.15) is 117 Å². The fourth-order valence-electron chi connectivity index (χ4n) is 3.11. The number of ether oxygens (including phenoxy) is 1. The van der Waals surface area contributed by atoms with Crippen LogP contribution >= 0.6 is 7.82 Å². The third kappa shape index (κ3) is 45.9. The molecule has 2 atom stereocenters. The Morgan fingerprint density at radius 1 is 0.895 bits per heavy atom. The van der Waals surface area contributed by atoms with Gasteiger partial charge in [-0.3, -0.25) is 14.2 Å². The van der Waals surface area contributed by atoms with Gasteiger partial charge in [-0.05, 0) is 46.8 Å². The smallest absolute Gasteiger partial charge is 0.756 e. The predicted molar refractivity (Wildman–Crippen MR) is 147 cm³/mol. The number of rotatable bonds is 21. The zero-order valence-corrected chi connectivity index (χ0v) is 28.0. The van der Waals surface area contributed by atoms with Crippen molar-refractivity contribution in [3.63, 3.8) is 0 Å². The van der Waals surface area contributed by atoms with E-state index in [-0.39, 0.29) is 49.0 Å². The number of carboxylic acid groups (broad SMARTS) is 1. The van der Waals surface area contributed by atoms with Crippen LogP contribution in [0.5, 0.6) is 0 Å². The predicted octanol–water partition coefficient (Wildman–Crippen LogP) is 1.87. The van der Waals surface area contributed by atoms with Crippen LogP contribution in [-0.2, 0) is 23.4 Å². The number of carbonyl (C=O) groups is 2. The van der Waals surface area contributed by atoms with E-state index >= 15 is 0 Å². The number of unbranched alkanes of at least 4 members (excludes halogenated alkanes) is 11. The molecule has 0 amide bonds. The molecule has 224 valence electrons. The maximum Gasteiger partial charge on any atom is 1.00 e. The van der Waals surface area contributed by atoms with Crippen molar-refractivity contribution < 1.29 is 67.9 Å². The Morgan fingerprint density at radius 2 is 1.34 bits per heavy atom. The van der Waals surface area contributed by atoms with Gasteiger partial charge in [-0.1, -0.05) is 84.5 Å². The van der Waals surface area contributed by atoms with Crippen molar-refractivity contribution in [2.75, 3.05) is 33.9 Å². The van der Waals surface area contributed by atoms with Crippen molar-refractivity contribution in [3.05, 3.63) is 0 Å². The Balaban J connectivity index is -0.000000240. The molecule has 0 aliphatic heterocycles. The van der Waals surface area contributed by atoms with Crippen LogP contribution in [0.2, 0.25) is 0 Å². The molecule has 0 aliphatic rings. The third-order valence-corrected chi connectivity index (χ3v) is 5.80. The van der Waals surface area contributed by atoms with Gasteiger partial charge < -0.3 is 34.8 Å². The number of phosphoric acid groups is 1. The minimum atomic E-state index is -4.42. The SMILES string of the molecule is CCCCCCCCCCCCN(C)C.CCCCCOC(=O)C(N)CCC(=O)O.CCOP(=O)([O-])O.[Na+]. The first-order chi connectivity index (χ1) is 17.4. The standard InChI is InChI=1S/C14H31N.C10H19NO4.C2H7O4P.Na/c1-4-5-6-7-8-9-10-11-12-13-14-15(2)3;1-2-3-4-7-15-10(14)8(11)5-6-9(12)13;1-2-6-7(3,4)5;/h4-14H2,1-3H3;8H,2-7,11H2,1H3,(H,12,13);2H2,1H3,(H2,3,4,5);/q;;;+1/p-1. The molecule has 10 nitrogen and oxygen atoms in total. The molecule has 0 aliphatic carbocycles. The molecule has 0 radical (unpaired) electrons. The number of nitrogens with zero attached hydrogens (tertiary/aromatic N) is 1. The topological polar surface area (TPSA) is 162 Å². The number of nitrogens with two attached hydrogens (primary N) is 1. The van der Waals surface area contributed by atoms with E-state index in [2.05, 4.69) is 37.4 Å². The monoisotopic (exact) mass is 578 g/mol. The molecule has 0 saturated heterocycles. The Kier molecular flexibility index (Phi) is 39.3. The van der Waals surface area contributed by atoms with E-state index in [0.717, 1.165) is 19.3 Å². The van der Waals surface area contributed by atoms with Gasteiger partial charge >= 0.3 is 41.5 Å². The summed E-state index contributed by atoms with van der Waals surface area (Å²) in [5.41, 5.74) is 5.44. The third-order valence-electron chi connectivity index (χ3n) is 5.22. The molecule has 0 fully saturated rings. The van der Waals surface area contributed by atoms with Crippen molar-refractivity contribution in [1.82, 2.24) is 4.90 Å². The molecule has 0 heterocycles. The molecule has 2 unspecified atom stereocenters. The van der Waals surface area contributed by atoms with E-state index < -0.39 is 25.8 Å².